The summed E-state index contributed by atoms with van der Waals surface area (Å²) in [6.45, 7) is 5.80. The smallest absolute Gasteiger partial charge is 0.250 e. The maximum Gasteiger partial charge on any atom is 0.250 e. The molecule has 1 aromatic carbocycles. The van der Waals surface area contributed by atoms with Crippen LogP contribution in [0.25, 0.3) is 10.2 Å². The van der Waals surface area contributed by atoms with Crippen molar-refractivity contribution in [3.63, 3.8) is 0 Å². The minimum absolute atomic E-state index is 0.113. The summed E-state index contributed by atoms with van der Waals surface area (Å²) in [6, 6.07) is 7.57. The third-order valence-electron chi connectivity index (χ3n) is 3.39. The highest BCUT2D eigenvalue weighted by Crippen LogP contribution is 2.27. The third kappa shape index (κ3) is 2.67. The lowest BCUT2D eigenvalue weighted by molar-refractivity contribution is -0.119. The Kier molecular flexibility index (Phi) is 3.47. The van der Waals surface area contributed by atoms with E-state index in [-0.39, 0.29) is 11.9 Å². The fourth-order valence-electron chi connectivity index (χ4n) is 2.19. The van der Waals surface area contributed by atoms with Gasteiger partial charge in [-0.15, -0.1) is 0 Å². The summed E-state index contributed by atoms with van der Waals surface area (Å²) in [5.41, 5.74) is 3.05. The molecule has 1 N–H and O–H groups in total. The van der Waals surface area contributed by atoms with Gasteiger partial charge in [0.1, 0.15) is 6.04 Å². The summed E-state index contributed by atoms with van der Waals surface area (Å²) in [6.07, 6.45) is 1.69. The van der Waals surface area contributed by atoms with Gasteiger partial charge in [-0.05, 0) is 44.5 Å². The Morgan fingerprint density at radius 2 is 2.14 bits per heavy atom. The molecule has 5 nitrogen and oxygen atoms in total. The van der Waals surface area contributed by atoms with Crippen LogP contribution in [-0.2, 0) is 4.79 Å². The van der Waals surface area contributed by atoms with Crippen molar-refractivity contribution in [2.75, 3.05) is 5.32 Å². The molecule has 108 valence electrons. The number of nitrogens with zero attached hydrogens (tertiary/aromatic N) is 3. The molecule has 6 heteroatoms. The van der Waals surface area contributed by atoms with Gasteiger partial charge in [0, 0.05) is 11.9 Å². The first-order valence-corrected chi connectivity index (χ1v) is 7.54. The van der Waals surface area contributed by atoms with Crippen LogP contribution in [-0.4, -0.2) is 20.7 Å². The van der Waals surface area contributed by atoms with Crippen LogP contribution in [0.3, 0.4) is 0 Å². The number of rotatable bonds is 3. The van der Waals surface area contributed by atoms with Crippen molar-refractivity contribution in [3.8, 4) is 0 Å². The highest BCUT2D eigenvalue weighted by atomic mass is 32.1. The van der Waals surface area contributed by atoms with Crippen LogP contribution in [0.15, 0.2) is 30.5 Å². The second-order valence-electron chi connectivity index (χ2n) is 5.07. The van der Waals surface area contributed by atoms with Crippen LogP contribution in [0.4, 0.5) is 5.13 Å². The van der Waals surface area contributed by atoms with E-state index in [0.717, 1.165) is 15.9 Å². The van der Waals surface area contributed by atoms with E-state index in [1.165, 1.54) is 16.9 Å². The van der Waals surface area contributed by atoms with Gasteiger partial charge in [-0.2, -0.15) is 5.10 Å². The second-order valence-corrected chi connectivity index (χ2v) is 6.10. The second kappa shape index (κ2) is 5.29. The van der Waals surface area contributed by atoms with Gasteiger partial charge >= 0.3 is 0 Å². The number of carbonyl (C=O) groups excluding carboxylic acids is 1. The zero-order valence-electron chi connectivity index (χ0n) is 12.1. The zero-order chi connectivity index (χ0) is 15.0. The number of amides is 1. The molecule has 2 aromatic heterocycles. The Morgan fingerprint density at radius 3 is 2.86 bits per heavy atom. The summed E-state index contributed by atoms with van der Waals surface area (Å²) in [5, 5.41) is 7.67. The minimum Gasteiger partial charge on any atom is -0.300 e. The van der Waals surface area contributed by atoms with Crippen LogP contribution >= 0.6 is 11.3 Å². The Labute approximate surface area is 126 Å². The van der Waals surface area contributed by atoms with Crippen LogP contribution < -0.4 is 5.32 Å². The summed E-state index contributed by atoms with van der Waals surface area (Å²) < 4.78 is 2.78. The van der Waals surface area contributed by atoms with E-state index in [4.69, 9.17) is 0 Å². The van der Waals surface area contributed by atoms with Crippen LogP contribution in [0.5, 0.6) is 0 Å². The molecule has 1 unspecified atom stereocenters. The topological polar surface area (TPSA) is 59.8 Å². The van der Waals surface area contributed by atoms with Crippen molar-refractivity contribution >= 4 is 32.6 Å². The van der Waals surface area contributed by atoms with Gasteiger partial charge in [0.05, 0.1) is 10.2 Å². The van der Waals surface area contributed by atoms with Crippen molar-refractivity contribution in [1.82, 2.24) is 14.8 Å². The monoisotopic (exact) mass is 300 g/mol. The van der Waals surface area contributed by atoms with E-state index in [1.807, 2.05) is 39.0 Å². The molecule has 0 saturated heterocycles. The van der Waals surface area contributed by atoms with Crippen molar-refractivity contribution in [1.29, 1.82) is 0 Å². The summed E-state index contributed by atoms with van der Waals surface area (Å²) in [7, 11) is 0. The van der Waals surface area contributed by atoms with Crippen molar-refractivity contribution in [3.05, 3.63) is 41.7 Å². The van der Waals surface area contributed by atoms with Gasteiger partial charge in [0.15, 0.2) is 5.13 Å². The number of aromatic nitrogens is 3. The van der Waals surface area contributed by atoms with E-state index in [1.54, 1.807) is 10.9 Å². The van der Waals surface area contributed by atoms with Gasteiger partial charge in [-0.1, -0.05) is 17.4 Å². The molecule has 0 saturated carbocycles. The van der Waals surface area contributed by atoms with Gasteiger partial charge in [0.2, 0.25) is 0 Å². The predicted molar refractivity (Wildman–Crippen MR) is 84.7 cm³/mol. The van der Waals surface area contributed by atoms with Gasteiger partial charge in [-0.3, -0.25) is 9.48 Å². The average molecular weight is 300 g/mol. The Bertz CT molecular complexity index is 805. The fraction of sp³-hybridized carbons (Fsp3) is 0.267. The molecule has 0 aliphatic rings. The van der Waals surface area contributed by atoms with Crippen LogP contribution in [0.2, 0.25) is 0 Å². The molecule has 0 aliphatic carbocycles. The summed E-state index contributed by atoms with van der Waals surface area (Å²) in [4.78, 5) is 16.7. The number of carbonyl (C=O) groups is 1. The number of anilines is 1. The molecule has 0 fully saturated rings. The first-order chi connectivity index (χ1) is 10.0. The normalized spacial score (nSPS) is 12.5. The summed E-state index contributed by atoms with van der Waals surface area (Å²) in [5.74, 6) is -0.113. The average Bonchev–Trinajstić information content (AvgIpc) is 3.03. The number of aryl methyl sites for hydroxylation is 2. The molecule has 2 heterocycles. The zero-order valence-corrected chi connectivity index (χ0v) is 12.9. The van der Waals surface area contributed by atoms with Gasteiger partial charge in [-0.25, -0.2) is 4.98 Å². The molecular formula is C15H16N4OS. The van der Waals surface area contributed by atoms with Crippen molar-refractivity contribution < 1.29 is 4.79 Å². The largest absolute Gasteiger partial charge is 0.300 e. The number of hydrogen-bond donors (Lipinski definition) is 1. The molecule has 0 bridgehead atoms. The Morgan fingerprint density at radius 1 is 1.33 bits per heavy atom. The molecular weight excluding hydrogens is 284 g/mol. The number of benzene rings is 1. The molecule has 0 spiro atoms. The highest BCUT2D eigenvalue weighted by Gasteiger charge is 2.18. The number of fused-ring (bicyclic) bond motifs is 1. The first-order valence-electron chi connectivity index (χ1n) is 6.73. The van der Waals surface area contributed by atoms with E-state index in [0.29, 0.717) is 5.13 Å². The molecule has 0 aliphatic heterocycles. The van der Waals surface area contributed by atoms with Crippen molar-refractivity contribution in [2.24, 2.45) is 0 Å². The van der Waals surface area contributed by atoms with Gasteiger partial charge < -0.3 is 5.32 Å². The fourth-order valence-corrected chi connectivity index (χ4v) is 3.16. The third-order valence-corrected chi connectivity index (χ3v) is 4.32. The lowest BCUT2D eigenvalue weighted by atomic mass is 10.2. The minimum atomic E-state index is -0.367. The highest BCUT2D eigenvalue weighted by molar-refractivity contribution is 7.22. The van der Waals surface area contributed by atoms with Crippen LogP contribution in [0.1, 0.15) is 24.2 Å². The van der Waals surface area contributed by atoms with E-state index < -0.39 is 0 Å². The predicted octanol–water partition coefficient (Wildman–Crippen LogP) is 3.31. The molecule has 3 aromatic rings. The standard InChI is InChI=1S/C15H16N4OS/c1-9-4-5-12-13(8-9)21-15(17-12)18-14(20)11(3)19-10(2)6-7-16-19/h4-8,11H,1-3H3,(H,17,18,20). The van der Waals surface area contributed by atoms with E-state index >= 15 is 0 Å². The summed E-state index contributed by atoms with van der Waals surface area (Å²) >= 11 is 1.49. The van der Waals surface area contributed by atoms with E-state index in [2.05, 4.69) is 21.5 Å². The number of nitrogens with one attached hydrogen (secondary N) is 1. The SMILES string of the molecule is Cc1ccc2nc(NC(=O)C(C)n3nccc3C)sc2c1. The molecule has 3 rings (SSSR count). The first kappa shape index (κ1) is 13.8. The van der Waals surface area contributed by atoms with Crippen LogP contribution in [0, 0.1) is 13.8 Å². The Hall–Kier alpha value is -2.21. The Balaban J connectivity index is 1.81. The maximum absolute atomic E-state index is 12.3. The lowest BCUT2D eigenvalue weighted by Crippen LogP contribution is -2.25. The van der Waals surface area contributed by atoms with Crippen molar-refractivity contribution in [2.45, 2.75) is 26.8 Å². The number of hydrogen-bond acceptors (Lipinski definition) is 4. The van der Waals surface area contributed by atoms with Gasteiger partial charge in [0.25, 0.3) is 5.91 Å². The number of thiazole rings is 1. The molecule has 1 atom stereocenters. The quantitative estimate of drug-likeness (QED) is 0.807. The molecule has 21 heavy (non-hydrogen) atoms. The molecule has 1 amide bonds. The molecule has 0 radical (unpaired) electrons. The lowest BCUT2D eigenvalue weighted by Gasteiger charge is -2.12. The maximum atomic E-state index is 12.3. The van der Waals surface area contributed by atoms with E-state index in [9.17, 15) is 4.79 Å².